The van der Waals surface area contributed by atoms with Crippen LogP contribution in [0.5, 0.6) is 0 Å². The number of rotatable bonds is 41. The highest BCUT2D eigenvalue weighted by atomic mass is 31.2. The molecular weight excluding hydrogens is 744 g/mol. The van der Waals surface area contributed by atoms with E-state index in [2.05, 4.69) is 104 Å². The number of phosphoric acid groups is 1. The van der Waals surface area contributed by atoms with Gasteiger partial charge in [-0.2, -0.15) is 0 Å². The summed E-state index contributed by atoms with van der Waals surface area (Å²) in [6.07, 6.45) is 60.3. The van der Waals surface area contributed by atoms with Crippen molar-refractivity contribution in [2.45, 2.75) is 187 Å². The van der Waals surface area contributed by atoms with Crippen LogP contribution in [0.15, 0.2) is 97.2 Å². The average molecular weight is 829 g/mol. The summed E-state index contributed by atoms with van der Waals surface area (Å²) in [6, 6.07) is -0.898. The van der Waals surface area contributed by atoms with Crippen molar-refractivity contribution in [1.29, 1.82) is 0 Å². The Balaban J connectivity index is 4.33. The van der Waals surface area contributed by atoms with Crippen LogP contribution in [0, 0.1) is 0 Å². The maximum atomic E-state index is 12.8. The number of phosphoric ester groups is 1. The van der Waals surface area contributed by atoms with Crippen molar-refractivity contribution < 1.29 is 28.4 Å². The fourth-order valence-electron chi connectivity index (χ4n) is 6.00. The van der Waals surface area contributed by atoms with Gasteiger partial charge in [0.1, 0.15) is 0 Å². The third-order valence-electron chi connectivity index (χ3n) is 9.42. The SMILES string of the molecule is CC/C=C\C/C=C\C/C=C\C/C=C\C/C=C\C/C=C\C/C=C\CCCC(=O)NC(COP(=O)(O)OCCN)C(O)/C=C/CCCCCCCCCCCCCCCC. The average Bonchev–Trinajstić information content (AvgIpc) is 3.21. The molecule has 1 amide bonds. The number of aliphatic hydroxyl groups is 1. The van der Waals surface area contributed by atoms with Crippen LogP contribution in [-0.4, -0.2) is 47.8 Å². The zero-order valence-corrected chi connectivity index (χ0v) is 37.6. The Hall–Kier alpha value is -2.58. The first-order chi connectivity index (χ1) is 28.4. The highest BCUT2D eigenvalue weighted by Gasteiger charge is 2.26. The number of carbonyl (C=O) groups is 1. The van der Waals surface area contributed by atoms with E-state index < -0.39 is 20.0 Å². The molecule has 0 spiro atoms. The second-order valence-corrected chi connectivity index (χ2v) is 16.3. The van der Waals surface area contributed by atoms with Crippen LogP contribution in [0.25, 0.3) is 0 Å². The lowest BCUT2D eigenvalue weighted by molar-refractivity contribution is -0.122. The first-order valence-corrected chi connectivity index (χ1v) is 24.4. The van der Waals surface area contributed by atoms with Gasteiger partial charge in [0.15, 0.2) is 0 Å². The molecule has 0 fully saturated rings. The lowest BCUT2D eigenvalue weighted by Gasteiger charge is -2.23. The molecular formula is C49H85N2O6P. The largest absolute Gasteiger partial charge is 0.472 e. The molecule has 0 saturated heterocycles. The number of nitrogens with one attached hydrogen (secondary N) is 1. The monoisotopic (exact) mass is 829 g/mol. The Kier molecular flexibility index (Phi) is 42.0. The second kappa shape index (κ2) is 44.0. The summed E-state index contributed by atoms with van der Waals surface area (Å²) in [7, 11) is -4.36. The molecule has 9 heteroatoms. The Morgan fingerprint density at radius 3 is 1.45 bits per heavy atom. The molecule has 8 nitrogen and oxygen atoms in total. The molecule has 332 valence electrons. The van der Waals surface area contributed by atoms with Gasteiger partial charge in [0.25, 0.3) is 0 Å². The van der Waals surface area contributed by atoms with E-state index in [9.17, 15) is 19.4 Å². The second-order valence-electron chi connectivity index (χ2n) is 14.9. The molecule has 58 heavy (non-hydrogen) atoms. The van der Waals surface area contributed by atoms with Crippen LogP contribution >= 0.6 is 7.82 Å². The molecule has 0 aliphatic carbocycles. The number of unbranched alkanes of at least 4 members (excludes halogenated alkanes) is 15. The summed E-state index contributed by atoms with van der Waals surface area (Å²) in [6.45, 7) is 3.96. The molecule has 0 saturated carbocycles. The molecule has 0 aliphatic heterocycles. The number of amides is 1. The minimum Gasteiger partial charge on any atom is -0.387 e. The maximum absolute atomic E-state index is 12.8. The number of hydrogen-bond acceptors (Lipinski definition) is 6. The normalized spacial score (nSPS) is 14.9. The van der Waals surface area contributed by atoms with Crippen molar-refractivity contribution in [1.82, 2.24) is 5.32 Å². The summed E-state index contributed by atoms with van der Waals surface area (Å²) in [5.41, 5.74) is 5.37. The van der Waals surface area contributed by atoms with Gasteiger partial charge in [0.2, 0.25) is 5.91 Å². The van der Waals surface area contributed by atoms with E-state index in [4.69, 9.17) is 14.8 Å². The summed E-state index contributed by atoms with van der Waals surface area (Å²) >= 11 is 0. The van der Waals surface area contributed by atoms with Gasteiger partial charge in [-0.15, -0.1) is 0 Å². The number of hydrogen-bond donors (Lipinski definition) is 4. The predicted octanol–water partition coefficient (Wildman–Crippen LogP) is 13.2. The minimum atomic E-state index is -4.36. The van der Waals surface area contributed by atoms with E-state index in [-0.39, 0.29) is 32.1 Å². The number of carbonyl (C=O) groups excluding carboxylic acids is 1. The van der Waals surface area contributed by atoms with Crippen molar-refractivity contribution >= 4 is 13.7 Å². The third-order valence-corrected chi connectivity index (χ3v) is 10.4. The quantitative estimate of drug-likeness (QED) is 0.0274. The van der Waals surface area contributed by atoms with Gasteiger partial charge in [0, 0.05) is 13.0 Å². The Morgan fingerprint density at radius 2 is 1.00 bits per heavy atom. The van der Waals surface area contributed by atoms with E-state index in [0.29, 0.717) is 6.42 Å². The van der Waals surface area contributed by atoms with E-state index in [1.54, 1.807) is 6.08 Å². The maximum Gasteiger partial charge on any atom is 0.472 e. The lowest BCUT2D eigenvalue weighted by atomic mass is 10.0. The van der Waals surface area contributed by atoms with Crippen LogP contribution in [0.3, 0.4) is 0 Å². The fraction of sp³-hybridized carbons (Fsp3) is 0.653. The molecule has 0 rings (SSSR count). The zero-order valence-electron chi connectivity index (χ0n) is 36.7. The van der Waals surface area contributed by atoms with Crippen molar-refractivity contribution in [3.63, 3.8) is 0 Å². The zero-order chi connectivity index (χ0) is 42.5. The Labute approximate surface area is 355 Å². The smallest absolute Gasteiger partial charge is 0.387 e. The van der Waals surface area contributed by atoms with Gasteiger partial charge >= 0.3 is 7.82 Å². The van der Waals surface area contributed by atoms with E-state index in [1.807, 2.05) is 6.08 Å². The number of nitrogens with two attached hydrogens (primary N) is 1. The first kappa shape index (κ1) is 55.4. The Bertz CT molecular complexity index is 1220. The molecule has 3 atom stereocenters. The highest BCUT2D eigenvalue weighted by Crippen LogP contribution is 2.43. The van der Waals surface area contributed by atoms with E-state index in [0.717, 1.165) is 70.6 Å². The van der Waals surface area contributed by atoms with Gasteiger partial charge in [-0.1, -0.05) is 195 Å². The number of aliphatic hydroxyl groups excluding tert-OH is 1. The van der Waals surface area contributed by atoms with Gasteiger partial charge < -0.3 is 21.1 Å². The first-order valence-electron chi connectivity index (χ1n) is 22.9. The molecule has 0 aromatic carbocycles. The van der Waals surface area contributed by atoms with Crippen LogP contribution in [0.1, 0.15) is 174 Å². The third kappa shape index (κ3) is 41.6. The molecule has 0 aromatic heterocycles. The Morgan fingerprint density at radius 1 is 0.586 bits per heavy atom. The van der Waals surface area contributed by atoms with Gasteiger partial charge in [-0.25, -0.2) is 4.57 Å². The van der Waals surface area contributed by atoms with Gasteiger partial charge in [0.05, 0.1) is 25.4 Å². The summed E-state index contributed by atoms with van der Waals surface area (Å²) in [4.78, 5) is 22.7. The topological polar surface area (TPSA) is 131 Å². The fourth-order valence-corrected chi connectivity index (χ4v) is 6.76. The van der Waals surface area contributed by atoms with Gasteiger partial charge in [-0.3, -0.25) is 13.8 Å². The van der Waals surface area contributed by atoms with Crippen LogP contribution in [-0.2, 0) is 18.4 Å². The van der Waals surface area contributed by atoms with Crippen molar-refractivity contribution in [3.05, 3.63) is 97.2 Å². The standard InChI is InChI=1S/C49H85N2O6P/c1-3-5-7-9-11-13-15-17-19-21-22-23-24-25-26-27-29-31-33-35-37-39-41-43-49(53)51-47(46-57-58(54,55)56-45-44-50)48(52)42-40-38-36-34-32-30-28-20-18-16-14-12-10-8-6-4-2/h5,7,11,13,17,19,22-23,25-26,29,31,35,37,40,42,47-48,52H,3-4,6,8-10,12,14-16,18,20-21,24,27-28,30,32-34,36,38-39,41,43-46,50H2,1-2H3,(H,51,53)(H,54,55)/b7-5-,13-11-,19-17-,23-22-,26-25-,31-29-,37-35-,42-40+. The van der Waals surface area contributed by atoms with Crippen LogP contribution in [0.4, 0.5) is 0 Å². The van der Waals surface area contributed by atoms with Crippen LogP contribution in [0.2, 0.25) is 0 Å². The van der Waals surface area contributed by atoms with Crippen LogP contribution < -0.4 is 11.1 Å². The predicted molar refractivity (Wildman–Crippen MR) is 249 cm³/mol. The van der Waals surface area contributed by atoms with E-state index in [1.165, 1.54) is 77.0 Å². The summed E-state index contributed by atoms with van der Waals surface area (Å²) < 4.78 is 22.1. The summed E-state index contributed by atoms with van der Waals surface area (Å²) in [5, 5.41) is 13.6. The molecule has 0 aliphatic rings. The lowest BCUT2D eigenvalue weighted by Crippen LogP contribution is -2.45. The van der Waals surface area contributed by atoms with Gasteiger partial charge in [-0.05, 0) is 70.6 Å². The molecule has 0 heterocycles. The van der Waals surface area contributed by atoms with Crippen molar-refractivity contribution in [3.8, 4) is 0 Å². The summed E-state index contributed by atoms with van der Waals surface area (Å²) in [5.74, 6) is -0.256. The highest BCUT2D eigenvalue weighted by molar-refractivity contribution is 7.47. The number of allylic oxidation sites excluding steroid dienone is 15. The van der Waals surface area contributed by atoms with Crippen molar-refractivity contribution in [2.75, 3.05) is 19.8 Å². The minimum absolute atomic E-state index is 0.0640. The molecule has 0 bridgehead atoms. The molecule has 3 unspecified atom stereocenters. The van der Waals surface area contributed by atoms with Crippen molar-refractivity contribution in [2.24, 2.45) is 5.73 Å². The molecule has 5 N–H and O–H groups in total. The van der Waals surface area contributed by atoms with E-state index >= 15 is 0 Å². The molecule has 0 aromatic rings. The molecule has 0 radical (unpaired) electrons.